The molecule has 0 radical (unpaired) electrons. The number of para-hydroxylation sites is 2. The van der Waals surface area contributed by atoms with Crippen LogP contribution < -0.4 is 5.32 Å². The highest BCUT2D eigenvalue weighted by molar-refractivity contribution is 5.60. The minimum Gasteiger partial charge on any atom is -0.378 e. The highest BCUT2D eigenvalue weighted by Gasteiger charge is 2.04. The van der Waals surface area contributed by atoms with Crippen molar-refractivity contribution in [2.45, 2.75) is 6.54 Å². The first kappa shape index (κ1) is 11.5. The Hall–Kier alpha value is -2.63. The summed E-state index contributed by atoms with van der Waals surface area (Å²) in [6.45, 7) is 0.631. The van der Waals surface area contributed by atoms with Crippen molar-refractivity contribution in [2.75, 3.05) is 5.32 Å². The average Bonchev–Trinajstić information content (AvgIpc) is 3.08. The fraction of sp³-hybridized carbons (Fsp3) is 0.154. The van der Waals surface area contributed by atoms with Gasteiger partial charge in [-0.1, -0.05) is 17.3 Å². The molecule has 0 amide bonds. The van der Waals surface area contributed by atoms with Crippen molar-refractivity contribution in [1.29, 1.82) is 0 Å². The minimum atomic E-state index is 0.631. The van der Waals surface area contributed by atoms with E-state index in [0.29, 0.717) is 6.54 Å². The van der Waals surface area contributed by atoms with Gasteiger partial charge in [-0.25, -0.2) is 4.68 Å². The smallest absolute Gasteiger partial charge is 0.102 e. The van der Waals surface area contributed by atoms with E-state index >= 15 is 0 Å². The van der Waals surface area contributed by atoms with Gasteiger partial charge in [-0.2, -0.15) is 5.10 Å². The van der Waals surface area contributed by atoms with E-state index < -0.39 is 0 Å². The highest BCUT2D eigenvalue weighted by Crippen LogP contribution is 2.19. The lowest BCUT2D eigenvalue weighted by Gasteiger charge is -2.10. The minimum absolute atomic E-state index is 0.631. The Balaban J connectivity index is 1.81. The molecule has 0 spiro atoms. The monoisotopic (exact) mass is 254 g/mol. The molecule has 3 rings (SSSR count). The first-order chi connectivity index (χ1) is 9.33. The number of aromatic nitrogens is 5. The van der Waals surface area contributed by atoms with Gasteiger partial charge in [0.2, 0.25) is 0 Å². The topological polar surface area (TPSA) is 60.6 Å². The second-order valence-corrected chi connectivity index (χ2v) is 4.20. The van der Waals surface area contributed by atoms with E-state index in [1.165, 1.54) is 0 Å². The predicted octanol–water partition coefficient (Wildman–Crippen LogP) is 1.61. The maximum absolute atomic E-state index is 4.25. The zero-order chi connectivity index (χ0) is 13.1. The van der Waals surface area contributed by atoms with Crippen LogP contribution in [0, 0.1) is 0 Å². The van der Waals surface area contributed by atoms with E-state index in [0.717, 1.165) is 17.1 Å². The fourth-order valence-electron chi connectivity index (χ4n) is 1.90. The number of aryl methyl sites for hydroxylation is 1. The molecule has 0 unspecified atom stereocenters. The summed E-state index contributed by atoms with van der Waals surface area (Å²) in [6.07, 6.45) is 5.58. The van der Waals surface area contributed by atoms with Crippen molar-refractivity contribution in [3.05, 3.63) is 54.6 Å². The molecule has 0 aliphatic carbocycles. The number of nitrogens with one attached hydrogen (secondary N) is 1. The summed E-state index contributed by atoms with van der Waals surface area (Å²) in [6, 6.07) is 9.93. The quantitative estimate of drug-likeness (QED) is 0.768. The van der Waals surface area contributed by atoms with Crippen LogP contribution in [0.4, 0.5) is 5.69 Å². The summed E-state index contributed by atoms with van der Waals surface area (Å²) in [5.41, 5.74) is 2.92. The van der Waals surface area contributed by atoms with Gasteiger partial charge >= 0.3 is 0 Å². The van der Waals surface area contributed by atoms with Gasteiger partial charge in [-0.3, -0.25) is 4.68 Å². The van der Waals surface area contributed by atoms with Crippen LogP contribution in [0.2, 0.25) is 0 Å². The molecule has 3 aromatic rings. The molecule has 0 atom stereocenters. The van der Waals surface area contributed by atoms with Gasteiger partial charge in [0.15, 0.2) is 0 Å². The molecule has 0 fully saturated rings. The molecule has 0 aliphatic heterocycles. The Labute approximate surface area is 110 Å². The second-order valence-electron chi connectivity index (χ2n) is 4.20. The van der Waals surface area contributed by atoms with Gasteiger partial charge in [0.1, 0.15) is 5.69 Å². The molecular weight excluding hydrogens is 240 g/mol. The maximum Gasteiger partial charge on any atom is 0.102 e. The predicted molar refractivity (Wildman–Crippen MR) is 71.9 cm³/mol. The van der Waals surface area contributed by atoms with Gasteiger partial charge < -0.3 is 5.32 Å². The standard InChI is InChI=1S/C13H14N6/c1-18-10-11(16-17-18)9-14-12-5-2-3-6-13(12)19-8-4-7-15-19/h2-8,10,14H,9H2,1H3. The molecule has 2 aromatic heterocycles. The van der Waals surface area contributed by atoms with Gasteiger partial charge in [-0.05, 0) is 18.2 Å². The lowest BCUT2D eigenvalue weighted by atomic mass is 10.2. The number of hydrogen-bond acceptors (Lipinski definition) is 4. The Bertz CT molecular complexity index is 655. The van der Waals surface area contributed by atoms with Crippen molar-refractivity contribution in [2.24, 2.45) is 7.05 Å². The molecule has 96 valence electrons. The average molecular weight is 254 g/mol. The third kappa shape index (κ3) is 2.47. The first-order valence-electron chi connectivity index (χ1n) is 6.01. The molecule has 0 aliphatic rings. The molecule has 6 heteroatoms. The van der Waals surface area contributed by atoms with Gasteiger partial charge in [0.25, 0.3) is 0 Å². The summed E-state index contributed by atoms with van der Waals surface area (Å²) in [5.74, 6) is 0. The van der Waals surface area contributed by atoms with E-state index in [9.17, 15) is 0 Å². The largest absolute Gasteiger partial charge is 0.378 e. The summed E-state index contributed by atoms with van der Waals surface area (Å²) in [4.78, 5) is 0. The number of hydrogen-bond donors (Lipinski definition) is 1. The zero-order valence-electron chi connectivity index (χ0n) is 10.6. The lowest BCUT2D eigenvalue weighted by molar-refractivity contribution is 0.713. The van der Waals surface area contributed by atoms with Crippen molar-refractivity contribution >= 4 is 5.69 Å². The van der Waals surface area contributed by atoms with E-state index in [2.05, 4.69) is 20.7 Å². The van der Waals surface area contributed by atoms with E-state index in [1.807, 2.05) is 54.5 Å². The molecule has 1 N–H and O–H groups in total. The Kier molecular flexibility index (Phi) is 2.97. The van der Waals surface area contributed by atoms with Gasteiger partial charge in [0.05, 0.1) is 17.9 Å². The Morgan fingerprint density at radius 1 is 1.21 bits per heavy atom. The summed E-state index contributed by atoms with van der Waals surface area (Å²) in [7, 11) is 1.86. The lowest BCUT2D eigenvalue weighted by Crippen LogP contribution is -2.05. The van der Waals surface area contributed by atoms with Crippen LogP contribution >= 0.6 is 0 Å². The van der Waals surface area contributed by atoms with Crippen LogP contribution in [-0.2, 0) is 13.6 Å². The van der Waals surface area contributed by atoms with Crippen LogP contribution in [0.15, 0.2) is 48.9 Å². The summed E-state index contributed by atoms with van der Waals surface area (Å²) < 4.78 is 3.52. The normalized spacial score (nSPS) is 10.6. The third-order valence-electron chi connectivity index (χ3n) is 2.77. The molecular formula is C13H14N6. The number of nitrogens with zero attached hydrogens (tertiary/aromatic N) is 5. The number of rotatable bonds is 4. The van der Waals surface area contributed by atoms with E-state index in [-0.39, 0.29) is 0 Å². The molecule has 19 heavy (non-hydrogen) atoms. The number of benzene rings is 1. The zero-order valence-corrected chi connectivity index (χ0v) is 10.6. The van der Waals surface area contributed by atoms with E-state index in [1.54, 1.807) is 10.9 Å². The van der Waals surface area contributed by atoms with Gasteiger partial charge in [0, 0.05) is 25.6 Å². The molecule has 6 nitrogen and oxygen atoms in total. The Morgan fingerprint density at radius 2 is 2.11 bits per heavy atom. The fourth-order valence-corrected chi connectivity index (χ4v) is 1.90. The second kappa shape index (κ2) is 4.93. The summed E-state index contributed by atoms with van der Waals surface area (Å²) >= 11 is 0. The molecule has 0 saturated carbocycles. The molecule has 2 heterocycles. The maximum atomic E-state index is 4.25. The van der Waals surface area contributed by atoms with Crippen molar-refractivity contribution < 1.29 is 0 Å². The SMILES string of the molecule is Cn1cc(CNc2ccccc2-n2cccn2)nn1. The van der Waals surface area contributed by atoms with Gasteiger partial charge in [-0.15, -0.1) is 5.10 Å². The third-order valence-corrected chi connectivity index (χ3v) is 2.77. The van der Waals surface area contributed by atoms with Crippen molar-refractivity contribution in [1.82, 2.24) is 24.8 Å². The van der Waals surface area contributed by atoms with E-state index in [4.69, 9.17) is 0 Å². The van der Waals surface area contributed by atoms with Crippen LogP contribution in [0.1, 0.15) is 5.69 Å². The first-order valence-corrected chi connectivity index (χ1v) is 6.01. The summed E-state index contributed by atoms with van der Waals surface area (Å²) in [5, 5.41) is 15.6. The molecule has 1 aromatic carbocycles. The number of anilines is 1. The Morgan fingerprint density at radius 3 is 2.84 bits per heavy atom. The van der Waals surface area contributed by atoms with Crippen LogP contribution in [0.25, 0.3) is 5.69 Å². The van der Waals surface area contributed by atoms with Crippen LogP contribution in [-0.4, -0.2) is 24.8 Å². The highest BCUT2D eigenvalue weighted by atomic mass is 15.4. The van der Waals surface area contributed by atoms with Crippen molar-refractivity contribution in [3.8, 4) is 5.69 Å². The van der Waals surface area contributed by atoms with Crippen LogP contribution in [0.5, 0.6) is 0 Å². The van der Waals surface area contributed by atoms with Crippen molar-refractivity contribution in [3.63, 3.8) is 0 Å². The molecule has 0 saturated heterocycles. The molecule has 0 bridgehead atoms. The van der Waals surface area contributed by atoms with Crippen LogP contribution in [0.3, 0.4) is 0 Å².